The van der Waals surface area contributed by atoms with Crippen LogP contribution < -0.4 is 10.6 Å². The molecular weight excluding hydrogens is 397 g/mol. The minimum Gasteiger partial charge on any atom is -0.391 e. The Balaban J connectivity index is 1.63. The summed E-state index contributed by atoms with van der Waals surface area (Å²) in [5, 5.41) is 15.9. The van der Waals surface area contributed by atoms with Gasteiger partial charge in [0.15, 0.2) is 0 Å². The third kappa shape index (κ3) is 4.32. The molecule has 0 unspecified atom stereocenters. The largest absolute Gasteiger partial charge is 0.391 e. The molecule has 162 valence electrons. The van der Waals surface area contributed by atoms with Crippen LogP contribution in [-0.4, -0.2) is 40.7 Å². The number of aliphatic hydroxyl groups is 1. The van der Waals surface area contributed by atoms with Crippen molar-refractivity contribution in [1.29, 1.82) is 0 Å². The number of fused-ring (bicyclic) bond motifs is 1. The number of aromatic nitrogens is 1. The molecule has 0 radical (unpaired) electrons. The highest BCUT2D eigenvalue weighted by Gasteiger charge is 2.27. The molecule has 1 aliphatic rings. The molecule has 6 nitrogen and oxygen atoms in total. The van der Waals surface area contributed by atoms with E-state index in [2.05, 4.69) is 10.6 Å². The monoisotopic (exact) mass is 423 g/mol. The van der Waals surface area contributed by atoms with Crippen LogP contribution in [0.4, 0.5) is 4.39 Å². The standard InChI is InChI=1S/C24H26FN3O3/c1-26-23(30)16-11-9-15(10-12-16)13-28-14-17(22-18(25)5-4-7-20(22)28)24(31)27-19-6-2-3-8-21(19)29/h4-5,7,9-12,14,19,21,29H,2-3,6,8,13H2,1H3,(H,26,30)(H,27,31)/t19-,21-/m0/s1. The number of aliphatic hydroxyl groups excluding tert-OH is 1. The van der Waals surface area contributed by atoms with Crippen molar-refractivity contribution < 1.29 is 19.1 Å². The van der Waals surface area contributed by atoms with Crippen LogP contribution in [0.2, 0.25) is 0 Å². The molecule has 3 aromatic rings. The Morgan fingerprint density at radius 2 is 1.84 bits per heavy atom. The first-order chi connectivity index (χ1) is 15.0. The van der Waals surface area contributed by atoms with Crippen LogP contribution in [0.1, 0.15) is 52.0 Å². The van der Waals surface area contributed by atoms with Crippen LogP contribution >= 0.6 is 0 Å². The van der Waals surface area contributed by atoms with E-state index in [1.54, 1.807) is 37.5 Å². The van der Waals surface area contributed by atoms with Gasteiger partial charge in [0.1, 0.15) is 5.82 Å². The molecule has 1 saturated carbocycles. The number of carbonyl (C=O) groups excluding carboxylic acids is 2. The number of nitrogens with one attached hydrogen (secondary N) is 2. The summed E-state index contributed by atoms with van der Waals surface area (Å²) in [6.45, 7) is 0.424. The molecule has 2 amide bonds. The lowest BCUT2D eigenvalue weighted by molar-refractivity contribution is 0.0718. The SMILES string of the molecule is CNC(=O)c1ccc(Cn2cc(C(=O)N[C@H]3CCCC[C@@H]3O)c3c(F)cccc32)cc1. The molecule has 31 heavy (non-hydrogen) atoms. The van der Waals surface area contributed by atoms with E-state index in [0.29, 0.717) is 30.5 Å². The van der Waals surface area contributed by atoms with E-state index in [9.17, 15) is 19.1 Å². The molecule has 0 spiro atoms. The van der Waals surface area contributed by atoms with Crippen molar-refractivity contribution in [2.45, 2.75) is 44.4 Å². The zero-order chi connectivity index (χ0) is 22.0. The Hall–Kier alpha value is -3.19. The van der Waals surface area contributed by atoms with Gasteiger partial charge in [-0.2, -0.15) is 0 Å². The summed E-state index contributed by atoms with van der Waals surface area (Å²) in [4.78, 5) is 24.7. The van der Waals surface area contributed by atoms with Crippen molar-refractivity contribution in [2.24, 2.45) is 0 Å². The van der Waals surface area contributed by atoms with Crippen molar-refractivity contribution in [3.63, 3.8) is 0 Å². The molecule has 3 N–H and O–H groups in total. The van der Waals surface area contributed by atoms with Gasteiger partial charge in [-0.15, -0.1) is 0 Å². The lowest BCUT2D eigenvalue weighted by atomic mass is 9.92. The van der Waals surface area contributed by atoms with E-state index in [1.807, 2.05) is 16.7 Å². The van der Waals surface area contributed by atoms with E-state index >= 15 is 0 Å². The molecule has 1 aromatic heterocycles. The first kappa shape index (κ1) is 21.1. The van der Waals surface area contributed by atoms with E-state index in [-0.39, 0.29) is 28.8 Å². The molecule has 0 saturated heterocycles. The third-order valence-corrected chi connectivity index (χ3v) is 5.94. The number of carbonyl (C=O) groups is 2. The summed E-state index contributed by atoms with van der Waals surface area (Å²) in [6, 6.07) is 11.6. The van der Waals surface area contributed by atoms with Gasteiger partial charge in [0, 0.05) is 30.7 Å². The molecule has 4 rings (SSSR count). The molecule has 1 heterocycles. The predicted molar refractivity (Wildman–Crippen MR) is 117 cm³/mol. The molecule has 2 aromatic carbocycles. The summed E-state index contributed by atoms with van der Waals surface area (Å²) in [6.07, 6.45) is 4.35. The van der Waals surface area contributed by atoms with Crippen LogP contribution in [0.15, 0.2) is 48.7 Å². The van der Waals surface area contributed by atoms with Crippen molar-refractivity contribution in [3.05, 3.63) is 71.2 Å². The van der Waals surface area contributed by atoms with Crippen LogP contribution in [0, 0.1) is 5.82 Å². The maximum Gasteiger partial charge on any atom is 0.253 e. The van der Waals surface area contributed by atoms with Gasteiger partial charge >= 0.3 is 0 Å². The zero-order valence-corrected chi connectivity index (χ0v) is 17.4. The Bertz CT molecular complexity index is 1110. The van der Waals surface area contributed by atoms with Gasteiger partial charge in [-0.1, -0.05) is 31.0 Å². The number of rotatable bonds is 5. The van der Waals surface area contributed by atoms with Crippen molar-refractivity contribution >= 4 is 22.7 Å². The van der Waals surface area contributed by atoms with Crippen LogP contribution in [-0.2, 0) is 6.54 Å². The van der Waals surface area contributed by atoms with E-state index < -0.39 is 11.9 Å². The summed E-state index contributed by atoms with van der Waals surface area (Å²) in [5.74, 6) is -1.00. The van der Waals surface area contributed by atoms with E-state index in [1.165, 1.54) is 6.07 Å². The zero-order valence-electron chi connectivity index (χ0n) is 17.4. The lowest BCUT2D eigenvalue weighted by Crippen LogP contribution is -2.45. The van der Waals surface area contributed by atoms with Gasteiger partial charge in [-0.3, -0.25) is 9.59 Å². The highest BCUT2D eigenvalue weighted by molar-refractivity contribution is 6.07. The molecule has 1 fully saturated rings. The Kier molecular flexibility index (Phi) is 6.04. The highest BCUT2D eigenvalue weighted by Crippen LogP contribution is 2.26. The number of nitrogens with zero attached hydrogens (tertiary/aromatic N) is 1. The van der Waals surface area contributed by atoms with Gasteiger partial charge < -0.3 is 20.3 Å². The fourth-order valence-corrected chi connectivity index (χ4v) is 4.24. The second kappa shape index (κ2) is 8.89. The van der Waals surface area contributed by atoms with Crippen LogP contribution in [0.25, 0.3) is 10.9 Å². The number of hydrogen-bond acceptors (Lipinski definition) is 3. The quantitative estimate of drug-likeness (QED) is 0.589. The summed E-state index contributed by atoms with van der Waals surface area (Å²) >= 11 is 0. The van der Waals surface area contributed by atoms with E-state index in [0.717, 1.165) is 18.4 Å². The van der Waals surface area contributed by atoms with Crippen molar-refractivity contribution in [3.8, 4) is 0 Å². The second-order valence-corrected chi connectivity index (χ2v) is 8.01. The molecule has 0 bridgehead atoms. The summed E-state index contributed by atoms with van der Waals surface area (Å²) in [7, 11) is 1.58. The number of amides is 2. The number of hydrogen-bond donors (Lipinski definition) is 3. The lowest BCUT2D eigenvalue weighted by Gasteiger charge is -2.28. The van der Waals surface area contributed by atoms with Gasteiger partial charge in [0.05, 0.1) is 23.2 Å². The molecular formula is C24H26FN3O3. The van der Waals surface area contributed by atoms with Crippen LogP contribution in [0.3, 0.4) is 0 Å². The summed E-state index contributed by atoms with van der Waals surface area (Å²) < 4.78 is 16.5. The van der Waals surface area contributed by atoms with Gasteiger partial charge in [0.2, 0.25) is 0 Å². The Labute approximate surface area is 180 Å². The molecule has 7 heteroatoms. The molecule has 2 atom stereocenters. The average molecular weight is 423 g/mol. The normalized spacial score (nSPS) is 18.7. The first-order valence-corrected chi connectivity index (χ1v) is 10.5. The topological polar surface area (TPSA) is 83.4 Å². The maximum atomic E-state index is 14.7. The second-order valence-electron chi connectivity index (χ2n) is 8.01. The molecule has 0 aliphatic heterocycles. The van der Waals surface area contributed by atoms with Crippen LogP contribution in [0.5, 0.6) is 0 Å². The third-order valence-electron chi connectivity index (χ3n) is 5.94. The van der Waals surface area contributed by atoms with Gasteiger partial charge in [-0.25, -0.2) is 4.39 Å². The molecule has 1 aliphatic carbocycles. The van der Waals surface area contributed by atoms with Gasteiger partial charge in [0.25, 0.3) is 11.8 Å². The highest BCUT2D eigenvalue weighted by atomic mass is 19.1. The Morgan fingerprint density at radius 1 is 1.10 bits per heavy atom. The number of halogens is 1. The van der Waals surface area contributed by atoms with E-state index in [4.69, 9.17) is 0 Å². The first-order valence-electron chi connectivity index (χ1n) is 10.5. The number of benzene rings is 2. The smallest absolute Gasteiger partial charge is 0.253 e. The average Bonchev–Trinajstić information content (AvgIpc) is 3.15. The van der Waals surface area contributed by atoms with Gasteiger partial charge in [-0.05, 0) is 42.7 Å². The summed E-state index contributed by atoms with van der Waals surface area (Å²) in [5.41, 5.74) is 2.35. The Morgan fingerprint density at radius 3 is 2.55 bits per heavy atom. The maximum absolute atomic E-state index is 14.7. The van der Waals surface area contributed by atoms with Crippen molar-refractivity contribution in [2.75, 3.05) is 7.05 Å². The fourth-order valence-electron chi connectivity index (χ4n) is 4.24. The van der Waals surface area contributed by atoms with Crippen molar-refractivity contribution in [1.82, 2.24) is 15.2 Å². The minimum atomic E-state index is -0.574. The minimum absolute atomic E-state index is 0.163. The predicted octanol–water partition coefficient (Wildman–Crippen LogP) is 3.22. The fraction of sp³-hybridized carbons (Fsp3) is 0.333.